The van der Waals surface area contributed by atoms with Crippen molar-refractivity contribution in [2.45, 2.75) is 32.3 Å². The molecule has 70 valence electrons. The number of hydrogen-bond donors (Lipinski definition) is 0. The van der Waals surface area contributed by atoms with E-state index in [9.17, 15) is 4.79 Å². The van der Waals surface area contributed by atoms with Crippen LogP contribution in [0.4, 0.5) is 0 Å². The van der Waals surface area contributed by atoms with Crippen LogP contribution in [0.5, 0.6) is 0 Å². The summed E-state index contributed by atoms with van der Waals surface area (Å²) in [5, 5.41) is 0. The first-order valence-corrected chi connectivity index (χ1v) is 5.65. The minimum absolute atomic E-state index is 0.273. The van der Waals surface area contributed by atoms with Gasteiger partial charge in [-0.3, -0.25) is 4.79 Å². The predicted molar refractivity (Wildman–Crippen MR) is 51.6 cm³/mol. The summed E-state index contributed by atoms with van der Waals surface area (Å²) in [6.07, 6.45) is 1.50. The number of ether oxygens (including phenoxy) is 1. The van der Waals surface area contributed by atoms with Gasteiger partial charge in [-0.05, 0) is 19.1 Å². The molecule has 0 saturated carbocycles. The Bertz CT molecular complexity index is 162. The van der Waals surface area contributed by atoms with Crippen LogP contribution < -0.4 is 0 Å². The average molecular weight is 188 g/mol. The van der Waals surface area contributed by atoms with Gasteiger partial charge in [0, 0.05) is 18.8 Å². The Labute approximate surface area is 78.1 Å². The molecule has 1 atom stereocenters. The molecule has 12 heavy (non-hydrogen) atoms. The van der Waals surface area contributed by atoms with E-state index in [0.717, 1.165) is 17.9 Å². The van der Waals surface area contributed by atoms with E-state index in [1.54, 1.807) is 0 Å². The van der Waals surface area contributed by atoms with Gasteiger partial charge in [-0.2, -0.15) is 11.8 Å². The molecule has 0 aromatic carbocycles. The van der Waals surface area contributed by atoms with E-state index < -0.39 is 5.60 Å². The van der Waals surface area contributed by atoms with Crippen LogP contribution in [0.3, 0.4) is 0 Å². The van der Waals surface area contributed by atoms with Crippen LogP contribution in [0.1, 0.15) is 26.7 Å². The molecule has 0 spiro atoms. The van der Waals surface area contributed by atoms with Crippen molar-refractivity contribution >= 4 is 17.5 Å². The Balaban J connectivity index is 2.64. The number of carbonyl (C=O) groups is 1. The third kappa shape index (κ3) is 1.83. The molecule has 3 heteroatoms. The molecule has 1 aliphatic rings. The molecule has 0 amide bonds. The topological polar surface area (TPSA) is 26.3 Å². The summed E-state index contributed by atoms with van der Waals surface area (Å²) in [6, 6.07) is 0. The van der Waals surface area contributed by atoms with Crippen LogP contribution in [0.15, 0.2) is 0 Å². The maximum Gasteiger partial charge on any atom is 0.165 e. The lowest BCUT2D eigenvalue weighted by Crippen LogP contribution is -2.41. The maximum atomic E-state index is 11.6. The maximum absolute atomic E-state index is 11.6. The summed E-state index contributed by atoms with van der Waals surface area (Å²) in [6.45, 7) is 4.51. The molecule has 1 saturated heterocycles. The van der Waals surface area contributed by atoms with Crippen molar-refractivity contribution in [3.8, 4) is 0 Å². The van der Waals surface area contributed by atoms with Crippen molar-refractivity contribution < 1.29 is 9.53 Å². The highest BCUT2D eigenvalue weighted by Crippen LogP contribution is 2.32. The molecule has 1 aliphatic heterocycles. The third-order valence-corrected chi connectivity index (χ3v) is 3.40. The second-order valence-corrected chi connectivity index (χ2v) is 4.11. The van der Waals surface area contributed by atoms with Crippen molar-refractivity contribution in [3.63, 3.8) is 0 Å². The second kappa shape index (κ2) is 4.28. The van der Waals surface area contributed by atoms with E-state index in [4.69, 9.17) is 4.74 Å². The zero-order valence-corrected chi connectivity index (χ0v) is 8.58. The lowest BCUT2D eigenvalue weighted by molar-refractivity contribution is -0.140. The molecule has 2 nitrogen and oxygen atoms in total. The van der Waals surface area contributed by atoms with Gasteiger partial charge in [-0.1, -0.05) is 6.92 Å². The van der Waals surface area contributed by atoms with Crippen molar-refractivity contribution in [1.29, 1.82) is 0 Å². The van der Waals surface area contributed by atoms with Crippen molar-refractivity contribution in [1.82, 2.24) is 0 Å². The normalized spacial score (nSPS) is 29.2. The lowest BCUT2D eigenvalue weighted by atomic mass is 9.96. The molecule has 0 aliphatic carbocycles. The first-order chi connectivity index (χ1) is 5.75. The first-order valence-electron chi connectivity index (χ1n) is 4.50. The molecular weight excluding hydrogens is 172 g/mol. The molecule has 0 radical (unpaired) electrons. The Kier molecular flexibility index (Phi) is 3.59. The molecule has 0 N–H and O–H groups in total. The van der Waals surface area contributed by atoms with Gasteiger partial charge in [0.25, 0.3) is 0 Å². The first kappa shape index (κ1) is 10.1. The van der Waals surface area contributed by atoms with Gasteiger partial charge >= 0.3 is 0 Å². The van der Waals surface area contributed by atoms with E-state index in [1.165, 1.54) is 0 Å². The molecular formula is C9H16O2S. The number of ketones is 1. The number of hydrogen-bond acceptors (Lipinski definition) is 3. The Morgan fingerprint density at radius 3 is 2.75 bits per heavy atom. The Morgan fingerprint density at radius 1 is 1.58 bits per heavy atom. The van der Waals surface area contributed by atoms with E-state index in [-0.39, 0.29) is 5.78 Å². The Morgan fingerprint density at radius 2 is 2.33 bits per heavy atom. The highest BCUT2D eigenvalue weighted by Gasteiger charge is 2.40. The number of carbonyl (C=O) groups excluding carboxylic acids is 1. The fourth-order valence-electron chi connectivity index (χ4n) is 1.56. The fourth-order valence-corrected chi connectivity index (χ4v) is 2.90. The standard InChI is InChI=1S/C9H16O2S/c1-3-8(10)9(11-4-2)5-6-12-7-9/h3-7H2,1-2H3. The van der Waals surface area contributed by atoms with Crippen LogP contribution in [0.25, 0.3) is 0 Å². The SMILES string of the molecule is CCOC1(C(=O)CC)CCSC1. The van der Waals surface area contributed by atoms with Gasteiger partial charge in [0.2, 0.25) is 0 Å². The van der Waals surface area contributed by atoms with Crippen LogP contribution in [0.2, 0.25) is 0 Å². The molecule has 1 fully saturated rings. The summed E-state index contributed by atoms with van der Waals surface area (Å²) in [4.78, 5) is 11.6. The minimum Gasteiger partial charge on any atom is -0.367 e. The van der Waals surface area contributed by atoms with Crippen molar-refractivity contribution in [2.75, 3.05) is 18.1 Å². The fraction of sp³-hybridized carbons (Fsp3) is 0.889. The monoisotopic (exact) mass is 188 g/mol. The van der Waals surface area contributed by atoms with Gasteiger partial charge in [0.15, 0.2) is 5.78 Å². The van der Waals surface area contributed by atoms with E-state index >= 15 is 0 Å². The average Bonchev–Trinajstić information content (AvgIpc) is 2.53. The van der Waals surface area contributed by atoms with Crippen molar-refractivity contribution in [2.24, 2.45) is 0 Å². The number of Topliss-reactive ketones (excluding diaryl/α,β-unsaturated/α-hetero) is 1. The summed E-state index contributed by atoms with van der Waals surface area (Å²) in [7, 11) is 0. The Hall–Kier alpha value is -0.0200. The summed E-state index contributed by atoms with van der Waals surface area (Å²) >= 11 is 1.82. The minimum atomic E-state index is -0.422. The molecule has 0 aromatic heterocycles. The zero-order chi connectivity index (χ0) is 9.03. The van der Waals surface area contributed by atoms with Gasteiger partial charge < -0.3 is 4.74 Å². The quantitative estimate of drug-likeness (QED) is 0.674. The summed E-state index contributed by atoms with van der Waals surface area (Å²) in [5.74, 6) is 2.19. The van der Waals surface area contributed by atoms with E-state index in [0.29, 0.717) is 13.0 Å². The predicted octanol–water partition coefficient (Wildman–Crippen LogP) is 1.88. The largest absolute Gasteiger partial charge is 0.367 e. The van der Waals surface area contributed by atoms with Crippen LogP contribution >= 0.6 is 11.8 Å². The number of rotatable bonds is 4. The van der Waals surface area contributed by atoms with Crippen molar-refractivity contribution in [3.05, 3.63) is 0 Å². The number of thioether (sulfide) groups is 1. The second-order valence-electron chi connectivity index (χ2n) is 3.01. The third-order valence-electron chi connectivity index (χ3n) is 2.24. The van der Waals surface area contributed by atoms with Crippen LogP contribution in [-0.4, -0.2) is 29.5 Å². The lowest BCUT2D eigenvalue weighted by Gasteiger charge is -2.25. The zero-order valence-electron chi connectivity index (χ0n) is 7.76. The molecule has 1 heterocycles. The van der Waals surface area contributed by atoms with Crippen LogP contribution in [-0.2, 0) is 9.53 Å². The highest BCUT2D eigenvalue weighted by molar-refractivity contribution is 7.99. The van der Waals surface area contributed by atoms with Gasteiger partial charge in [0.05, 0.1) is 0 Å². The summed E-state index contributed by atoms with van der Waals surface area (Å²) < 4.78 is 5.57. The van der Waals surface area contributed by atoms with E-state index in [2.05, 4.69) is 0 Å². The smallest absolute Gasteiger partial charge is 0.165 e. The van der Waals surface area contributed by atoms with Gasteiger partial charge in [-0.15, -0.1) is 0 Å². The van der Waals surface area contributed by atoms with Crippen LogP contribution in [0, 0.1) is 0 Å². The van der Waals surface area contributed by atoms with E-state index in [1.807, 2.05) is 25.6 Å². The molecule has 1 rings (SSSR count). The molecule has 0 aromatic rings. The van der Waals surface area contributed by atoms with Gasteiger partial charge in [0.1, 0.15) is 5.60 Å². The highest BCUT2D eigenvalue weighted by atomic mass is 32.2. The summed E-state index contributed by atoms with van der Waals surface area (Å²) in [5.41, 5.74) is -0.422. The molecule has 1 unspecified atom stereocenters. The molecule has 0 bridgehead atoms. The van der Waals surface area contributed by atoms with Gasteiger partial charge in [-0.25, -0.2) is 0 Å².